The molecule has 0 bridgehead atoms. The Morgan fingerprint density at radius 1 is 1.09 bits per heavy atom. The van der Waals surface area contributed by atoms with E-state index in [1.165, 1.54) is 0 Å². The van der Waals surface area contributed by atoms with Crippen LogP contribution in [0.3, 0.4) is 0 Å². The highest BCUT2D eigenvalue weighted by molar-refractivity contribution is 9.10. The number of benzene rings is 2. The van der Waals surface area contributed by atoms with Crippen molar-refractivity contribution < 1.29 is 0 Å². The Morgan fingerprint density at radius 3 is 2.55 bits per heavy atom. The van der Waals surface area contributed by atoms with E-state index in [0.717, 1.165) is 21.4 Å². The highest BCUT2D eigenvalue weighted by atomic mass is 79.9. The number of nitrogens with zero attached hydrogens (tertiary/aromatic N) is 3. The average molecular weight is 355 g/mol. The highest BCUT2D eigenvalue weighted by Gasteiger charge is 2.05. The van der Waals surface area contributed by atoms with E-state index in [-0.39, 0.29) is 0 Å². The Labute approximate surface area is 137 Å². The predicted octanol–water partition coefficient (Wildman–Crippen LogP) is 4.16. The lowest BCUT2D eigenvalue weighted by Crippen LogP contribution is -2.12. The number of nitrogens with one attached hydrogen (secondary N) is 1. The van der Waals surface area contributed by atoms with Crippen molar-refractivity contribution in [2.24, 2.45) is 5.10 Å². The monoisotopic (exact) mass is 354 g/mol. The van der Waals surface area contributed by atoms with Crippen LogP contribution in [0.15, 0.2) is 82.9 Å². The molecule has 0 radical (unpaired) electrons. The number of aromatic nitrogens is 2. The summed E-state index contributed by atoms with van der Waals surface area (Å²) < 4.78 is 3.04. The van der Waals surface area contributed by atoms with E-state index in [1.807, 2.05) is 65.4 Å². The molecule has 0 aliphatic rings. The van der Waals surface area contributed by atoms with Crippen LogP contribution in [-0.2, 0) is 6.54 Å². The zero-order valence-electron chi connectivity index (χ0n) is 11.9. The molecule has 0 spiro atoms. The number of rotatable bonds is 5. The Bertz CT molecular complexity index is 734. The smallest absolute Gasteiger partial charge is 0.0949 e. The van der Waals surface area contributed by atoms with Gasteiger partial charge in [0.25, 0.3) is 0 Å². The largest absolute Gasteiger partial charge is 0.331 e. The lowest BCUT2D eigenvalue weighted by Gasteiger charge is -2.09. The van der Waals surface area contributed by atoms with Crippen LogP contribution in [-0.4, -0.2) is 15.3 Å². The second kappa shape index (κ2) is 7.04. The minimum absolute atomic E-state index is 0.654. The maximum absolute atomic E-state index is 4.57. The first kappa shape index (κ1) is 14.5. The first-order valence-corrected chi connectivity index (χ1v) is 7.70. The van der Waals surface area contributed by atoms with E-state index in [0.29, 0.717) is 6.54 Å². The quantitative estimate of drug-likeness (QED) is 0.552. The third-order valence-corrected chi connectivity index (χ3v) is 3.69. The Balaban J connectivity index is 1.86. The summed E-state index contributed by atoms with van der Waals surface area (Å²) >= 11 is 3.46. The standard InChI is InChI=1S/C17H15BrN4/c18-15-8-6-14(7-9-15)17(12-22-11-10-19-13-22)21-20-16-4-2-1-3-5-16/h1-11,13,20H,12H2/b21-17+. The van der Waals surface area contributed by atoms with E-state index >= 15 is 0 Å². The molecule has 2 aromatic carbocycles. The number of hydrazone groups is 1. The highest BCUT2D eigenvalue weighted by Crippen LogP contribution is 2.13. The molecular weight excluding hydrogens is 340 g/mol. The van der Waals surface area contributed by atoms with Gasteiger partial charge >= 0.3 is 0 Å². The molecule has 5 heteroatoms. The van der Waals surface area contributed by atoms with Gasteiger partial charge in [-0.25, -0.2) is 4.98 Å². The van der Waals surface area contributed by atoms with Crippen molar-refractivity contribution in [2.75, 3.05) is 5.43 Å². The topological polar surface area (TPSA) is 42.2 Å². The summed E-state index contributed by atoms with van der Waals surface area (Å²) in [5, 5.41) is 4.57. The van der Waals surface area contributed by atoms with Gasteiger partial charge in [-0.05, 0) is 29.8 Å². The third-order valence-electron chi connectivity index (χ3n) is 3.16. The first-order chi connectivity index (χ1) is 10.8. The van der Waals surface area contributed by atoms with Crippen molar-refractivity contribution in [1.82, 2.24) is 9.55 Å². The van der Waals surface area contributed by atoms with Crippen molar-refractivity contribution in [1.29, 1.82) is 0 Å². The van der Waals surface area contributed by atoms with Crippen LogP contribution in [0.4, 0.5) is 5.69 Å². The predicted molar refractivity (Wildman–Crippen MR) is 93.0 cm³/mol. The summed E-state index contributed by atoms with van der Waals surface area (Å²) in [5.41, 5.74) is 6.08. The molecule has 0 atom stereocenters. The molecule has 0 saturated carbocycles. The van der Waals surface area contributed by atoms with Gasteiger partial charge < -0.3 is 4.57 Å². The fraction of sp³-hybridized carbons (Fsp3) is 0.0588. The summed E-state index contributed by atoms with van der Waals surface area (Å²) in [6.07, 6.45) is 5.48. The molecule has 0 saturated heterocycles. The van der Waals surface area contributed by atoms with Crippen molar-refractivity contribution in [3.05, 3.63) is 83.4 Å². The Hall–Kier alpha value is -2.40. The summed E-state index contributed by atoms with van der Waals surface area (Å²) in [4.78, 5) is 4.08. The van der Waals surface area contributed by atoms with Gasteiger partial charge in [-0.1, -0.05) is 46.3 Å². The van der Waals surface area contributed by atoms with Crippen molar-refractivity contribution in [3.63, 3.8) is 0 Å². The van der Waals surface area contributed by atoms with Crippen LogP contribution in [0.1, 0.15) is 5.56 Å². The number of para-hydroxylation sites is 1. The van der Waals surface area contributed by atoms with Crippen LogP contribution >= 0.6 is 15.9 Å². The maximum Gasteiger partial charge on any atom is 0.0949 e. The normalized spacial score (nSPS) is 11.4. The lowest BCUT2D eigenvalue weighted by molar-refractivity contribution is 0.848. The van der Waals surface area contributed by atoms with Crippen LogP contribution in [0.25, 0.3) is 0 Å². The number of hydrogen-bond donors (Lipinski definition) is 1. The molecule has 3 rings (SSSR count). The van der Waals surface area contributed by atoms with Gasteiger partial charge in [0.15, 0.2) is 0 Å². The molecule has 0 fully saturated rings. The van der Waals surface area contributed by atoms with E-state index in [2.05, 4.69) is 31.4 Å². The van der Waals surface area contributed by atoms with Crippen molar-refractivity contribution in [3.8, 4) is 0 Å². The van der Waals surface area contributed by atoms with Gasteiger partial charge in [0, 0.05) is 16.9 Å². The van der Waals surface area contributed by atoms with E-state index < -0.39 is 0 Å². The molecule has 0 aliphatic heterocycles. The van der Waals surface area contributed by atoms with Gasteiger partial charge in [-0.15, -0.1) is 0 Å². The van der Waals surface area contributed by atoms with E-state index in [1.54, 1.807) is 12.5 Å². The zero-order chi connectivity index (χ0) is 15.2. The second-order valence-corrected chi connectivity index (χ2v) is 5.69. The number of halogens is 1. The van der Waals surface area contributed by atoms with Gasteiger partial charge in [0.2, 0.25) is 0 Å². The summed E-state index contributed by atoms with van der Waals surface area (Å²) in [6.45, 7) is 0.654. The molecule has 1 heterocycles. The molecule has 110 valence electrons. The summed E-state index contributed by atoms with van der Waals surface area (Å²) in [6, 6.07) is 18.0. The molecule has 4 nitrogen and oxygen atoms in total. The minimum Gasteiger partial charge on any atom is -0.331 e. The summed E-state index contributed by atoms with van der Waals surface area (Å²) in [7, 11) is 0. The molecule has 0 unspecified atom stereocenters. The number of hydrogen-bond acceptors (Lipinski definition) is 3. The van der Waals surface area contributed by atoms with Crippen molar-refractivity contribution >= 4 is 27.3 Å². The molecule has 0 amide bonds. The molecule has 3 aromatic rings. The number of imidazole rings is 1. The lowest BCUT2D eigenvalue weighted by atomic mass is 10.1. The van der Waals surface area contributed by atoms with E-state index in [9.17, 15) is 0 Å². The zero-order valence-corrected chi connectivity index (χ0v) is 13.4. The van der Waals surface area contributed by atoms with Crippen LogP contribution in [0.5, 0.6) is 0 Å². The van der Waals surface area contributed by atoms with Crippen LogP contribution in [0.2, 0.25) is 0 Å². The second-order valence-electron chi connectivity index (χ2n) is 4.78. The molecule has 1 aromatic heterocycles. The number of anilines is 1. The minimum atomic E-state index is 0.654. The van der Waals surface area contributed by atoms with Crippen molar-refractivity contribution in [2.45, 2.75) is 6.54 Å². The molecular formula is C17H15BrN4. The molecule has 1 N–H and O–H groups in total. The maximum atomic E-state index is 4.57. The fourth-order valence-corrected chi connectivity index (χ4v) is 2.30. The summed E-state index contributed by atoms with van der Waals surface area (Å²) in [5.74, 6) is 0. The van der Waals surface area contributed by atoms with Gasteiger partial charge in [0.1, 0.15) is 0 Å². The van der Waals surface area contributed by atoms with Crippen LogP contribution < -0.4 is 5.43 Å². The molecule has 0 aliphatic carbocycles. The van der Waals surface area contributed by atoms with Gasteiger partial charge in [0.05, 0.1) is 24.3 Å². The molecule has 22 heavy (non-hydrogen) atoms. The van der Waals surface area contributed by atoms with Crippen LogP contribution in [0, 0.1) is 0 Å². The Morgan fingerprint density at radius 2 is 1.86 bits per heavy atom. The average Bonchev–Trinajstić information content (AvgIpc) is 3.06. The fourth-order valence-electron chi connectivity index (χ4n) is 2.03. The Kier molecular flexibility index (Phi) is 4.65. The third kappa shape index (κ3) is 3.83. The van der Waals surface area contributed by atoms with E-state index in [4.69, 9.17) is 0 Å². The SMILES string of the molecule is Brc1ccc(/C(Cn2ccnc2)=N/Nc2ccccc2)cc1. The first-order valence-electron chi connectivity index (χ1n) is 6.90. The van der Waals surface area contributed by atoms with Gasteiger partial charge in [-0.3, -0.25) is 5.43 Å². The van der Waals surface area contributed by atoms with Gasteiger partial charge in [-0.2, -0.15) is 5.10 Å².